The van der Waals surface area contributed by atoms with Gasteiger partial charge in [-0.1, -0.05) is 37.3 Å². The molecule has 0 radical (unpaired) electrons. The van der Waals surface area contributed by atoms with Crippen molar-refractivity contribution in [1.29, 1.82) is 0 Å². The summed E-state index contributed by atoms with van der Waals surface area (Å²) < 4.78 is 0. The van der Waals surface area contributed by atoms with Crippen LogP contribution in [0.3, 0.4) is 0 Å². The second-order valence-corrected chi connectivity index (χ2v) is 6.16. The van der Waals surface area contributed by atoms with Crippen LogP contribution >= 0.6 is 0 Å². The van der Waals surface area contributed by atoms with Crippen LogP contribution in [-0.2, 0) is 12.8 Å². The first-order valence-corrected chi connectivity index (χ1v) is 7.99. The van der Waals surface area contributed by atoms with Gasteiger partial charge in [0.05, 0.1) is 0 Å². The molecule has 0 saturated heterocycles. The number of benzene rings is 1. The maximum atomic E-state index is 4.39. The van der Waals surface area contributed by atoms with Crippen molar-refractivity contribution in [3.63, 3.8) is 0 Å². The Balaban J connectivity index is 1.84. The minimum atomic E-state index is 0.407. The number of nitrogens with one attached hydrogen (secondary N) is 1. The van der Waals surface area contributed by atoms with Gasteiger partial charge < -0.3 is 5.32 Å². The summed E-state index contributed by atoms with van der Waals surface area (Å²) in [5.41, 5.74) is 5.62. The fourth-order valence-corrected chi connectivity index (χ4v) is 3.43. The van der Waals surface area contributed by atoms with Crippen molar-refractivity contribution >= 4 is 0 Å². The van der Waals surface area contributed by atoms with E-state index in [9.17, 15) is 0 Å². The van der Waals surface area contributed by atoms with Crippen LogP contribution in [0.25, 0.3) is 0 Å². The Kier molecular flexibility index (Phi) is 4.35. The molecule has 2 nitrogen and oxygen atoms in total. The zero-order chi connectivity index (χ0) is 14.7. The summed E-state index contributed by atoms with van der Waals surface area (Å²) in [7, 11) is 0. The summed E-state index contributed by atoms with van der Waals surface area (Å²) in [6.45, 7) is 5.41. The zero-order valence-corrected chi connectivity index (χ0v) is 13.0. The number of aryl methyl sites for hydroxylation is 1. The lowest BCUT2D eigenvalue weighted by Crippen LogP contribution is -2.29. The van der Waals surface area contributed by atoms with Gasteiger partial charge in [-0.3, -0.25) is 4.98 Å². The van der Waals surface area contributed by atoms with Crippen molar-refractivity contribution in [2.24, 2.45) is 5.92 Å². The van der Waals surface area contributed by atoms with Gasteiger partial charge in [-0.25, -0.2) is 0 Å². The van der Waals surface area contributed by atoms with E-state index >= 15 is 0 Å². The van der Waals surface area contributed by atoms with Crippen molar-refractivity contribution in [1.82, 2.24) is 10.3 Å². The van der Waals surface area contributed by atoms with Crippen molar-refractivity contribution in [3.05, 3.63) is 65.0 Å². The van der Waals surface area contributed by atoms with E-state index in [1.165, 1.54) is 35.1 Å². The largest absolute Gasteiger partial charge is 0.310 e. The van der Waals surface area contributed by atoms with Crippen molar-refractivity contribution in [3.8, 4) is 0 Å². The maximum absolute atomic E-state index is 4.39. The van der Waals surface area contributed by atoms with E-state index in [1.807, 2.05) is 12.4 Å². The summed E-state index contributed by atoms with van der Waals surface area (Å²) in [5, 5.41) is 3.75. The lowest BCUT2D eigenvalue weighted by molar-refractivity contribution is 0.373. The molecule has 21 heavy (non-hydrogen) atoms. The van der Waals surface area contributed by atoms with Gasteiger partial charge >= 0.3 is 0 Å². The minimum absolute atomic E-state index is 0.407. The van der Waals surface area contributed by atoms with Gasteiger partial charge in [-0.05, 0) is 60.9 Å². The fourth-order valence-electron chi connectivity index (χ4n) is 3.43. The average Bonchev–Trinajstić information content (AvgIpc) is 2.91. The molecule has 1 aromatic carbocycles. The van der Waals surface area contributed by atoms with Gasteiger partial charge in [0.25, 0.3) is 0 Å². The number of hydrogen-bond acceptors (Lipinski definition) is 2. The molecule has 1 aliphatic carbocycles. The molecular weight excluding hydrogens is 256 g/mol. The highest BCUT2D eigenvalue weighted by atomic mass is 14.9. The highest BCUT2D eigenvalue weighted by molar-refractivity contribution is 5.34. The Labute approximate surface area is 127 Å². The predicted molar refractivity (Wildman–Crippen MR) is 87.3 cm³/mol. The SMILES string of the molecule is CCCNC(c1cncc(C)c1)C1Cc2ccccc2C1. The Morgan fingerprint density at radius 2 is 1.90 bits per heavy atom. The third-order valence-electron chi connectivity index (χ3n) is 4.42. The van der Waals surface area contributed by atoms with E-state index in [4.69, 9.17) is 0 Å². The van der Waals surface area contributed by atoms with Gasteiger partial charge in [0, 0.05) is 18.4 Å². The number of fused-ring (bicyclic) bond motifs is 1. The lowest BCUT2D eigenvalue weighted by atomic mass is 9.91. The van der Waals surface area contributed by atoms with E-state index in [0.717, 1.165) is 13.0 Å². The second kappa shape index (κ2) is 6.40. The van der Waals surface area contributed by atoms with Crippen LogP contribution in [0.15, 0.2) is 42.7 Å². The first-order chi connectivity index (χ1) is 10.3. The van der Waals surface area contributed by atoms with Crippen LogP contribution in [0, 0.1) is 12.8 Å². The summed E-state index contributed by atoms with van der Waals surface area (Å²) in [6, 6.07) is 11.6. The number of hydrogen-bond donors (Lipinski definition) is 1. The topological polar surface area (TPSA) is 24.9 Å². The fraction of sp³-hybridized carbons (Fsp3) is 0.421. The summed E-state index contributed by atoms with van der Waals surface area (Å²) >= 11 is 0. The maximum Gasteiger partial charge on any atom is 0.0370 e. The van der Waals surface area contributed by atoms with Crippen LogP contribution in [0.4, 0.5) is 0 Å². The Hall–Kier alpha value is -1.67. The summed E-state index contributed by atoms with van der Waals surface area (Å²) in [5.74, 6) is 0.637. The highest BCUT2D eigenvalue weighted by Gasteiger charge is 2.29. The minimum Gasteiger partial charge on any atom is -0.310 e. The van der Waals surface area contributed by atoms with Crippen LogP contribution in [-0.4, -0.2) is 11.5 Å². The Morgan fingerprint density at radius 1 is 1.19 bits per heavy atom. The van der Waals surface area contributed by atoms with Gasteiger partial charge in [0.2, 0.25) is 0 Å². The van der Waals surface area contributed by atoms with Gasteiger partial charge in [-0.15, -0.1) is 0 Å². The van der Waals surface area contributed by atoms with Crippen molar-refractivity contribution < 1.29 is 0 Å². The number of rotatable bonds is 5. The molecule has 2 heteroatoms. The average molecular weight is 280 g/mol. The second-order valence-electron chi connectivity index (χ2n) is 6.16. The molecule has 0 bridgehead atoms. The molecule has 110 valence electrons. The molecule has 3 rings (SSSR count). The van der Waals surface area contributed by atoms with Crippen LogP contribution < -0.4 is 5.32 Å². The van der Waals surface area contributed by atoms with Gasteiger partial charge in [0.1, 0.15) is 0 Å². The molecule has 0 spiro atoms. The Morgan fingerprint density at radius 3 is 2.52 bits per heavy atom. The van der Waals surface area contributed by atoms with E-state index in [2.05, 4.69) is 54.5 Å². The van der Waals surface area contributed by atoms with Crippen LogP contribution in [0.2, 0.25) is 0 Å². The van der Waals surface area contributed by atoms with Gasteiger partial charge in [0.15, 0.2) is 0 Å². The summed E-state index contributed by atoms with van der Waals surface area (Å²) in [4.78, 5) is 4.39. The molecule has 0 aliphatic heterocycles. The molecule has 0 amide bonds. The zero-order valence-electron chi connectivity index (χ0n) is 13.0. The normalized spacial score (nSPS) is 15.9. The molecule has 1 heterocycles. The molecular formula is C19H24N2. The monoisotopic (exact) mass is 280 g/mol. The molecule has 1 unspecified atom stereocenters. The lowest BCUT2D eigenvalue weighted by Gasteiger charge is -2.25. The van der Waals surface area contributed by atoms with Gasteiger partial charge in [-0.2, -0.15) is 0 Å². The van der Waals surface area contributed by atoms with E-state index in [-0.39, 0.29) is 0 Å². The molecule has 1 N–H and O–H groups in total. The predicted octanol–water partition coefficient (Wildman–Crippen LogP) is 3.85. The molecule has 2 aromatic rings. The van der Waals surface area contributed by atoms with E-state index < -0.39 is 0 Å². The molecule has 1 aliphatic rings. The third-order valence-corrected chi connectivity index (χ3v) is 4.42. The highest BCUT2D eigenvalue weighted by Crippen LogP contribution is 2.35. The smallest absolute Gasteiger partial charge is 0.0370 e. The van der Waals surface area contributed by atoms with Crippen LogP contribution in [0.5, 0.6) is 0 Å². The van der Waals surface area contributed by atoms with E-state index in [1.54, 1.807) is 0 Å². The molecule has 0 fully saturated rings. The van der Waals surface area contributed by atoms with Crippen LogP contribution in [0.1, 0.15) is 41.6 Å². The molecule has 1 atom stereocenters. The quantitative estimate of drug-likeness (QED) is 0.900. The van der Waals surface area contributed by atoms with Crippen molar-refractivity contribution in [2.75, 3.05) is 6.54 Å². The summed E-state index contributed by atoms with van der Waals surface area (Å²) in [6.07, 6.45) is 7.47. The number of pyridine rings is 1. The number of nitrogens with zero attached hydrogens (tertiary/aromatic N) is 1. The first-order valence-electron chi connectivity index (χ1n) is 7.99. The standard InChI is InChI=1S/C19H24N2/c1-3-8-21-19(18-9-14(2)12-20-13-18)17-10-15-6-4-5-7-16(15)11-17/h4-7,9,12-13,17,19,21H,3,8,10-11H2,1-2H3. The third kappa shape index (κ3) is 3.16. The molecule has 0 saturated carbocycles. The Bertz CT molecular complexity index is 581. The molecule has 1 aromatic heterocycles. The first kappa shape index (κ1) is 14.3. The van der Waals surface area contributed by atoms with E-state index in [0.29, 0.717) is 12.0 Å². The number of aromatic nitrogens is 1. The van der Waals surface area contributed by atoms with Crippen molar-refractivity contribution in [2.45, 2.75) is 39.2 Å².